The largest absolute Gasteiger partial charge is 0.475 e. The van der Waals surface area contributed by atoms with Crippen LogP contribution in [0.15, 0.2) is 6.20 Å². The fraction of sp³-hybridized carbons (Fsp3) is 0.688. The Balaban J connectivity index is 1.79. The van der Waals surface area contributed by atoms with Gasteiger partial charge >= 0.3 is 5.97 Å². The van der Waals surface area contributed by atoms with Gasteiger partial charge in [0.05, 0.1) is 19.9 Å². The minimum atomic E-state index is -0.480. The lowest BCUT2D eigenvalue weighted by atomic mass is 10.1. The molecule has 0 N–H and O–H groups in total. The summed E-state index contributed by atoms with van der Waals surface area (Å²) in [6, 6.07) is 0. The van der Waals surface area contributed by atoms with Crippen molar-refractivity contribution in [2.45, 2.75) is 38.5 Å². The normalized spacial score (nSPS) is 18.7. The Morgan fingerprint density at radius 1 is 1.27 bits per heavy atom. The van der Waals surface area contributed by atoms with Crippen LogP contribution in [0.4, 0.5) is 5.82 Å². The first kappa shape index (κ1) is 15.1. The third kappa shape index (κ3) is 3.31. The van der Waals surface area contributed by atoms with Crippen molar-refractivity contribution in [3.63, 3.8) is 0 Å². The van der Waals surface area contributed by atoms with E-state index in [0.29, 0.717) is 18.4 Å². The quantitative estimate of drug-likeness (QED) is 0.779. The molecule has 2 fully saturated rings. The monoisotopic (exact) mass is 305 g/mol. The number of hydrogen-bond donors (Lipinski definition) is 0. The molecule has 1 aromatic heterocycles. The topological polar surface area (TPSA) is 64.5 Å². The molecular weight excluding hydrogens is 282 g/mol. The van der Waals surface area contributed by atoms with Crippen LogP contribution in [-0.4, -0.2) is 42.7 Å². The van der Waals surface area contributed by atoms with Crippen molar-refractivity contribution in [3.05, 3.63) is 11.9 Å². The van der Waals surface area contributed by atoms with E-state index >= 15 is 0 Å². The maximum atomic E-state index is 11.7. The van der Waals surface area contributed by atoms with Crippen LogP contribution < -0.4 is 9.64 Å². The molecule has 0 spiro atoms. The Morgan fingerprint density at radius 3 is 2.68 bits per heavy atom. The highest BCUT2D eigenvalue weighted by Gasteiger charge is 2.23. The molecule has 0 unspecified atom stereocenters. The maximum absolute atomic E-state index is 11.7. The molecule has 1 aromatic rings. The van der Waals surface area contributed by atoms with Crippen LogP contribution in [-0.2, 0) is 4.74 Å². The summed E-state index contributed by atoms with van der Waals surface area (Å²) in [5, 5.41) is 0. The van der Waals surface area contributed by atoms with Gasteiger partial charge in [-0.1, -0.05) is 12.8 Å². The van der Waals surface area contributed by atoms with E-state index in [4.69, 9.17) is 9.47 Å². The number of hydrogen-bond acceptors (Lipinski definition) is 6. The molecule has 3 rings (SSSR count). The summed E-state index contributed by atoms with van der Waals surface area (Å²) in [5.41, 5.74) is 0.201. The van der Waals surface area contributed by atoms with Crippen LogP contribution in [0.5, 0.6) is 5.88 Å². The Labute approximate surface area is 130 Å². The number of methoxy groups -OCH3 is 1. The predicted octanol–water partition coefficient (Wildman–Crippen LogP) is 2.43. The second-order valence-electron chi connectivity index (χ2n) is 6.03. The fourth-order valence-electron chi connectivity index (χ4n) is 3.19. The zero-order valence-corrected chi connectivity index (χ0v) is 13.1. The van der Waals surface area contributed by atoms with E-state index in [1.165, 1.54) is 39.0 Å². The molecule has 1 aliphatic heterocycles. The van der Waals surface area contributed by atoms with Gasteiger partial charge in [0, 0.05) is 13.1 Å². The van der Waals surface area contributed by atoms with Gasteiger partial charge in [0.2, 0.25) is 0 Å². The standard InChI is InChI=1S/C16H23N3O3/c1-21-16(20)13-10-17-14(19-8-4-5-9-19)15(18-13)22-11-12-6-2-3-7-12/h10,12H,2-9,11H2,1H3. The van der Waals surface area contributed by atoms with Crippen molar-refractivity contribution in [1.29, 1.82) is 0 Å². The van der Waals surface area contributed by atoms with E-state index in [9.17, 15) is 4.79 Å². The molecule has 6 nitrogen and oxygen atoms in total. The maximum Gasteiger partial charge on any atom is 0.358 e. The Hall–Kier alpha value is -1.85. The van der Waals surface area contributed by atoms with Crippen LogP contribution in [0, 0.1) is 5.92 Å². The van der Waals surface area contributed by atoms with Crippen molar-refractivity contribution in [3.8, 4) is 5.88 Å². The Kier molecular flexibility index (Phi) is 4.75. The zero-order chi connectivity index (χ0) is 15.4. The number of anilines is 1. The second kappa shape index (κ2) is 6.94. The van der Waals surface area contributed by atoms with Crippen molar-refractivity contribution in [2.75, 3.05) is 31.7 Å². The summed E-state index contributed by atoms with van der Waals surface area (Å²) in [6.07, 6.45) is 8.76. The third-order valence-electron chi connectivity index (χ3n) is 4.45. The van der Waals surface area contributed by atoms with Gasteiger partial charge in [-0.3, -0.25) is 0 Å². The van der Waals surface area contributed by atoms with Gasteiger partial charge in [0.1, 0.15) is 0 Å². The minimum Gasteiger partial charge on any atom is -0.475 e. The lowest BCUT2D eigenvalue weighted by Crippen LogP contribution is -2.22. The average molecular weight is 305 g/mol. The molecular formula is C16H23N3O3. The van der Waals surface area contributed by atoms with E-state index in [2.05, 4.69) is 14.9 Å². The van der Waals surface area contributed by atoms with Gasteiger partial charge in [-0.15, -0.1) is 0 Å². The molecule has 0 bridgehead atoms. The van der Waals surface area contributed by atoms with Gasteiger partial charge in [-0.2, -0.15) is 0 Å². The molecule has 1 saturated heterocycles. The first-order valence-electron chi connectivity index (χ1n) is 8.11. The SMILES string of the molecule is COC(=O)c1cnc(N2CCCC2)c(OCC2CCCC2)n1. The lowest BCUT2D eigenvalue weighted by molar-refractivity contribution is 0.0592. The highest BCUT2D eigenvalue weighted by atomic mass is 16.5. The Bertz CT molecular complexity index is 523. The van der Waals surface area contributed by atoms with Crippen molar-refractivity contribution >= 4 is 11.8 Å². The fourth-order valence-corrected chi connectivity index (χ4v) is 3.19. The van der Waals surface area contributed by atoms with Crippen molar-refractivity contribution < 1.29 is 14.3 Å². The number of nitrogens with zero attached hydrogens (tertiary/aromatic N) is 3. The van der Waals surface area contributed by atoms with Gasteiger partial charge in [0.25, 0.3) is 5.88 Å². The molecule has 1 aliphatic carbocycles. The lowest BCUT2D eigenvalue weighted by Gasteiger charge is -2.20. The van der Waals surface area contributed by atoms with E-state index in [0.717, 1.165) is 31.7 Å². The van der Waals surface area contributed by atoms with Crippen molar-refractivity contribution in [1.82, 2.24) is 9.97 Å². The average Bonchev–Trinajstić information content (AvgIpc) is 3.25. The number of carbonyl (C=O) groups is 1. The summed E-state index contributed by atoms with van der Waals surface area (Å²) in [7, 11) is 1.34. The number of esters is 1. The van der Waals surface area contributed by atoms with Crippen molar-refractivity contribution in [2.24, 2.45) is 5.92 Å². The first-order valence-corrected chi connectivity index (χ1v) is 8.11. The molecule has 0 amide bonds. The van der Waals surface area contributed by atoms with Gasteiger partial charge in [-0.05, 0) is 31.6 Å². The molecule has 6 heteroatoms. The Morgan fingerprint density at radius 2 is 2.00 bits per heavy atom. The van der Waals surface area contributed by atoms with Crippen LogP contribution in [0.2, 0.25) is 0 Å². The zero-order valence-electron chi connectivity index (χ0n) is 13.1. The summed E-state index contributed by atoms with van der Waals surface area (Å²) in [4.78, 5) is 22.6. The molecule has 120 valence electrons. The second-order valence-corrected chi connectivity index (χ2v) is 6.03. The number of rotatable bonds is 5. The smallest absolute Gasteiger partial charge is 0.358 e. The molecule has 0 atom stereocenters. The summed E-state index contributed by atoms with van der Waals surface area (Å²) >= 11 is 0. The molecule has 2 aliphatic rings. The molecule has 0 radical (unpaired) electrons. The van der Waals surface area contributed by atoms with Crippen LogP contribution >= 0.6 is 0 Å². The first-order chi connectivity index (χ1) is 10.8. The molecule has 22 heavy (non-hydrogen) atoms. The predicted molar refractivity (Wildman–Crippen MR) is 82.3 cm³/mol. The number of ether oxygens (including phenoxy) is 2. The molecule has 0 aromatic carbocycles. The van der Waals surface area contributed by atoms with Gasteiger partial charge in [-0.25, -0.2) is 14.8 Å². The van der Waals surface area contributed by atoms with E-state index in [1.54, 1.807) is 0 Å². The van der Waals surface area contributed by atoms with Crippen LogP contribution in [0.25, 0.3) is 0 Å². The van der Waals surface area contributed by atoms with Crippen LogP contribution in [0.1, 0.15) is 49.0 Å². The summed E-state index contributed by atoms with van der Waals surface area (Å²) in [5.74, 6) is 1.33. The molecule has 2 heterocycles. The minimum absolute atomic E-state index is 0.201. The highest BCUT2D eigenvalue weighted by Crippen LogP contribution is 2.30. The number of aromatic nitrogens is 2. The highest BCUT2D eigenvalue weighted by molar-refractivity contribution is 5.87. The van der Waals surface area contributed by atoms with E-state index in [1.807, 2.05) is 0 Å². The van der Waals surface area contributed by atoms with E-state index in [-0.39, 0.29) is 5.69 Å². The van der Waals surface area contributed by atoms with E-state index < -0.39 is 5.97 Å². The van der Waals surface area contributed by atoms with Crippen LogP contribution in [0.3, 0.4) is 0 Å². The summed E-state index contributed by atoms with van der Waals surface area (Å²) in [6.45, 7) is 2.58. The van der Waals surface area contributed by atoms with Gasteiger partial charge < -0.3 is 14.4 Å². The summed E-state index contributed by atoms with van der Waals surface area (Å²) < 4.78 is 10.7. The van der Waals surface area contributed by atoms with Gasteiger partial charge in [0.15, 0.2) is 11.5 Å². The third-order valence-corrected chi connectivity index (χ3v) is 4.45. The molecule has 1 saturated carbocycles. The number of carbonyl (C=O) groups excluding carboxylic acids is 1.